The van der Waals surface area contributed by atoms with Gasteiger partial charge in [0.2, 0.25) is 0 Å². The molecule has 8 heteroatoms. The summed E-state index contributed by atoms with van der Waals surface area (Å²) in [5, 5.41) is 3.96. The average molecular weight is 456 g/mol. The molecule has 32 heavy (non-hydrogen) atoms. The van der Waals surface area contributed by atoms with Gasteiger partial charge in [0.05, 0.1) is 22.8 Å². The van der Waals surface area contributed by atoms with Gasteiger partial charge in [-0.1, -0.05) is 11.6 Å². The van der Waals surface area contributed by atoms with Crippen LogP contribution in [0.15, 0.2) is 36.7 Å². The van der Waals surface area contributed by atoms with Gasteiger partial charge in [-0.15, -0.1) is 0 Å². The predicted octanol–water partition coefficient (Wildman–Crippen LogP) is 5.25. The first-order chi connectivity index (χ1) is 15.4. The lowest BCUT2D eigenvalue weighted by molar-refractivity contribution is 0.185. The molecule has 5 rings (SSSR count). The largest absolute Gasteiger partial charge is 0.491 e. The Bertz CT molecular complexity index is 1150. The molecule has 2 aromatic carbocycles. The van der Waals surface area contributed by atoms with E-state index in [1.54, 1.807) is 6.07 Å². The Labute approximate surface area is 191 Å². The van der Waals surface area contributed by atoms with Crippen molar-refractivity contribution < 1.29 is 9.13 Å². The van der Waals surface area contributed by atoms with Gasteiger partial charge in [-0.3, -0.25) is 0 Å². The molecule has 1 unspecified atom stereocenters. The van der Waals surface area contributed by atoms with Crippen molar-refractivity contribution in [3.63, 3.8) is 0 Å². The highest BCUT2D eigenvalue weighted by molar-refractivity contribution is 6.31. The summed E-state index contributed by atoms with van der Waals surface area (Å²) in [7, 11) is 2.20. The number of likely N-dealkylation sites (tertiary alicyclic amines) is 1. The van der Waals surface area contributed by atoms with E-state index in [-0.39, 0.29) is 5.02 Å². The molecule has 1 aromatic heterocycles. The van der Waals surface area contributed by atoms with Crippen LogP contribution in [0.25, 0.3) is 10.9 Å². The SMILES string of the molecule is CN1CCC2(CC1)CC2CCOc1cc2ncnc(Nc3ccc(F)c(Cl)c3)c2cc1N. The number of anilines is 3. The number of nitrogens with zero attached hydrogens (tertiary/aromatic N) is 3. The van der Waals surface area contributed by atoms with Crippen molar-refractivity contribution in [2.45, 2.75) is 25.7 Å². The molecule has 2 heterocycles. The summed E-state index contributed by atoms with van der Waals surface area (Å²) in [5.41, 5.74) is 8.74. The summed E-state index contributed by atoms with van der Waals surface area (Å²) < 4.78 is 19.5. The summed E-state index contributed by atoms with van der Waals surface area (Å²) in [6.07, 6.45) is 6.47. The van der Waals surface area contributed by atoms with Crippen LogP contribution in [0.4, 0.5) is 21.6 Å². The maximum atomic E-state index is 13.4. The number of hydrogen-bond donors (Lipinski definition) is 2. The molecule has 2 fully saturated rings. The second-order valence-corrected chi connectivity index (χ2v) is 9.49. The molecule has 6 nitrogen and oxygen atoms in total. The molecule has 1 spiro atoms. The molecule has 1 aliphatic heterocycles. The Kier molecular flexibility index (Phi) is 5.55. The van der Waals surface area contributed by atoms with Crippen LogP contribution in [0.3, 0.4) is 0 Å². The monoisotopic (exact) mass is 455 g/mol. The van der Waals surface area contributed by atoms with E-state index in [1.165, 1.54) is 50.8 Å². The molecule has 1 saturated carbocycles. The molecular weight excluding hydrogens is 429 g/mol. The molecule has 168 valence electrons. The minimum atomic E-state index is -0.469. The van der Waals surface area contributed by atoms with Crippen LogP contribution < -0.4 is 15.8 Å². The van der Waals surface area contributed by atoms with Gasteiger partial charge in [0.25, 0.3) is 0 Å². The highest BCUT2D eigenvalue weighted by atomic mass is 35.5. The lowest BCUT2D eigenvalue weighted by Gasteiger charge is -2.30. The van der Waals surface area contributed by atoms with E-state index in [0.29, 0.717) is 35.0 Å². The van der Waals surface area contributed by atoms with Gasteiger partial charge >= 0.3 is 0 Å². The van der Waals surface area contributed by atoms with Gasteiger partial charge in [0, 0.05) is 17.1 Å². The molecule has 3 aromatic rings. The molecule has 0 amide bonds. The minimum Gasteiger partial charge on any atom is -0.491 e. The van der Waals surface area contributed by atoms with Crippen molar-refractivity contribution in [3.8, 4) is 5.75 Å². The van der Waals surface area contributed by atoms with Crippen LogP contribution in [-0.4, -0.2) is 41.6 Å². The zero-order chi connectivity index (χ0) is 22.3. The zero-order valence-corrected chi connectivity index (χ0v) is 18.8. The number of nitrogens with two attached hydrogens (primary N) is 1. The van der Waals surface area contributed by atoms with Gasteiger partial charge in [-0.2, -0.15) is 0 Å². The van der Waals surface area contributed by atoms with E-state index in [4.69, 9.17) is 22.1 Å². The Hall–Kier alpha value is -2.64. The van der Waals surface area contributed by atoms with E-state index in [0.717, 1.165) is 23.2 Å². The second kappa shape index (κ2) is 8.37. The first-order valence-corrected chi connectivity index (χ1v) is 11.4. The Morgan fingerprint density at radius 2 is 2.06 bits per heavy atom. The topological polar surface area (TPSA) is 76.3 Å². The minimum absolute atomic E-state index is 0.0428. The standard InChI is InChI=1S/C24H27ClFN5O/c1-31-7-5-24(6-8-31)13-15(24)4-9-32-22-12-21-17(11-20(22)27)23(29-14-28-21)30-16-2-3-19(26)18(25)10-16/h2-3,10-12,14-15H,4-9,13,27H2,1H3,(H,28,29,30). The third kappa shape index (κ3) is 4.19. The number of fused-ring (bicyclic) bond motifs is 1. The number of nitrogen functional groups attached to an aromatic ring is 1. The van der Waals surface area contributed by atoms with Gasteiger partial charge in [0.15, 0.2) is 0 Å². The van der Waals surface area contributed by atoms with E-state index in [1.807, 2.05) is 12.1 Å². The van der Waals surface area contributed by atoms with Crippen molar-refractivity contribution in [1.29, 1.82) is 0 Å². The van der Waals surface area contributed by atoms with Crippen LogP contribution >= 0.6 is 11.6 Å². The van der Waals surface area contributed by atoms with E-state index < -0.39 is 5.82 Å². The van der Waals surface area contributed by atoms with Crippen molar-refractivity contribution in [1.82, 2.24) is 14.9 Å². The summed E-state index contributed by atoms with van der Waals surface area (Å²) >= 11 is 5.89. The number of rotatable bonds is 6. The number of halogens is 2. The van der Waals surface area contributed by atoms with Crippen molar-refractivity contribution in [3.05, 3.63) is 47.5 Å². The average Bonchev–Trinajstić information content (AvgIpc) is 3.46. The summed E-state index contributed by atoms with van der Waals surface area (Å²) in [5.74, 6) is 1.51. The van der Waals surface area contributed by atoms with Gasteiger partial charge in [-0.25, -0.2) is 14.4 Å². The molecule has 0 bridgehead atoms. The maximum absolute atomic E-state index is 13.4. The lowest BCUT2D eigenvalue weighted by Crippen LogP contribution is -2.32. The van der Waals surface area contributed by atoms with Gasteiger partial charge in [0.1, 0.15) is 23.7 Å². The Balaban J connectivity index is 1.26. The number of hydrogen-bond acceptors (Lipinski definition) is 6. The number of benzene rings is 2. The van der Waals surface area contributed by atoms with E-state index >= 15 is 0 Å². The molecule has 0 radical (unpaired) electrons. The maximum Gasteiger partial charge on any atom is 0.144 e. The summed E-state index contributed by atoms with van der Waals surface area (Å²) in [6, 6.07) is 8.09. The van der Waals surface area contributed by atoms with Crippen LogP contribution in [0.5, 0.6) is 5.75 Å². The first kappa shape index (κ1) is 21.2. The van der Waals surface area contributed by atoms with Crippen LogP contribution in [0, 0.1) is 17.2 Å². The zero-order valence-electron chi connectivity index (χ0n) is 18.1. The van der Waals surface area contributed by atoms with E-state index in [9.17, 15) is 4.39 Å². The first-order valence-electron chi connectivity index (χ1n) is 11.0. The molecule has 3 N–H and O–H groups in total. The second-order valence-electron chi connectivity index (χ2n) is 9.09. The van der Waals surface area contributed by atoms with Crippen LogP contribution in [-0.2, 0) is 0 Å². The number of nitrogens with one attached hydrogen (secondary N) is 1. The number of aromatic nitrogens is 2. The highest BCUT2D eigenvalue weighted by Crippen LogP contribution is 2.60. The van der Waals surface area contributed by atoms with E-state index in [2.05, 4.69) is 27.2 Å². The third-order valence-electron chi connectivity index (χ3n) is 7.01. The number of piperidine rings is 1. The predicted molar refractivity (Wildman–Crippen MR) is 126 cm³/mol. The normalized spacial score (nSPS) is 19.9. The molecule has 1 atom stereocenters. The number of ether oxygens (including phenoxy) is 1. The quantitative estimate of drug-likeness (QED) is 0.494. The molecule has 1 saturated heterocycles. The van der Waals surface area contributed by atoms with Crippen molar-refractivity contribution in [2.75, 3.05) is 37.8 Å². The molecule has 1 aliphatic carbocycles. The van der Waals surface area contributed by atoms with Crippen molar-refractivity contribution >= 4 is 39.7 Å². The van der Waals surface area contributed by atoms with Gasteiger partial charge in [-0.05, 0) is 81.4 Å². The fourth-order valence-electron chi connectivity index (χ4n) is 4.86. The van der Waals surface area contributed by atoms with Crippen LogP contribution in [0.1, 0.15) is 25.7 Å². The lowest BCUT2D eigenvalue weighted by atomic mass is 9.90. The Morgan fingerprint density at radius 1 is 1.25 bits per heavy atom. The highest BCUT2D eigenvalue weighted by Gasteiger charge is 2.53. The summed E-state index contributed by atoms with van der Waals surface area (Å²) in [4.78, 5) is 11.1. The van der Waals surface area contributed by atoms with Crippen LogP contribution in [0.2, 0.25) is 5.02 Å². The van der Waals surface area contributed by atoms with Crippen molar-refractivity contribution in [2.24, 2.45) is 11.3 Å². The fourth-order valence-corrected chi connectivity index (χ4v) is 5.04. The van der Waals surface area contributed by atoms with Gasteiger partial charge < -0.3 is 20.7 Å². The smallest absolute Gasteiger partial charge is 0.144 e. The third-order valence-corrected chi connectivity index (χ3v) is 7.30. The summed E-state index contributed by atoms with van der Waals surface area (Å²) in [6.45, 7) is 3.06. The molecular formula is C24H27ClFN5O. The fraction of sp³-hybridized carbons (Fsp3) is 0.417. The Morgan fingerprint density at radius 3 is 2.84 bits per heavy atom. The molecule has 2 aliphatic rings.